The smallest absolute Gasteiger partial charge is 0.243 e. The fourth-order valence-corrected chi connectivity index (χ4v) is 2.62. The van der Waals surface area contributed by atoms with Crippen LogP contribution in [0.5, 0.6) is 0 Å². The number of nitrogens with two attached hydrogens (primary N) is 2. The van der Waals surface area contributed by atoms with Gasteiger partial charge in [0.25, 0.3) is 0 Å². The van der Waals surface area contributed by atoms with Crippen molar-refractivity contribution in [1.29, 1.82) is 0 Å². The molecule has 0 aromatic heterocycles. The van der Waals surface area contributed by atoms with Crippen LogP contribution in [-0.4, -0.2) is 30.4 Å². The van der Waals surface area contributed by atoms with E-state index in [-0.39, 0.29) is 0 Å². The maximum absolute atomic E-state index is 11.8. The van der Waals surface area contributed by atoms with E-state index in [0.29, 0.717) is 6.54 Å². The molecule has 104 valence electrons. The van der Waals surface area contributed by atoms with E-state index in [9.17, 15) is 4.79 Å². The minimum Gasteiger partial charge on any atom is -0.368 e. The average molecular weight is 261 g/mol. The molecule has 0 aliphatic carbocycles. The zero-order valence-electron chi connectivity index (χ0n) is 11.5. The van der Waals surface area contributed by atoms with Crippen molar-refractivity contribution in [2.45, 2.75) is 25.3 Å². The van der Waals surface area contributed by atoms with Crippen LogP contribution in [0.1, 0.15) is 25.3 Å². The van der Waals surface area contributed by atoms with Gasteiger partial charge in [0.2, 0.25) is 5.91 Å². The Balaban J connectivity index is 2.14. The van der Waals surface area contributed by atoms with Crippen LogP contribution in [0.4, 0.5) is 0 Å². The number of amides is 1. The number of hydrogen-bond donors (Lipinski definition) is 2. The van der Waals surface area contributed by atoms with Gasteiger partial charge in [-0.15, -0.1) is 0 Å². The lowest BCUT2D eigenvalue weighted by Crippen LogP contribution is -2.57. The van der Waals surface area contributed by atoms with Crippen LogP contribution in [0.2, 0.25) is 0 Å². The van der Waals surface area contributed by atoms with Gasteiger partial charge in [0, 0.05) is 6.54 Å². The average Bonchev–Trinajstić information content (AvgIpc) is 2.42. The number of primary amides is 1. The number of nitrogens with zero attached hydrogens (tertiary/aromatic N) is 1. The fraction of sp³-hybridized carbons (Fsp3) is 0.533. The SMILES string of the molecule is CC1CCN(CC(N)(C(N)=O)c2ccccc2)CC1. The van der Waals surface area contributed by atoms with E-state index in [1.54, 1.807) is 0 Å². The Morgan fingerprint density at radius 2 is 1.89 bits per heavy atom. The summed E-state index contributed by atoms with van der Waals surface area (Å²) in [5.41, 5.74) is 11.6. The van der Waals surface area contributed by atoms with Gasteiger partial charge < -0.3 is 16.4 Å². The predicted molar refractivity (Wildman–Crippen MR) is 76.3 cm³/mol. The van der Waals surface area contributed by atoms with E-state index >= 15 is 0 Å². The Morgan fingerprint density at radius 1 is 1.32 bits per heavy atom. The zero-order valence-corrected chi connectivity index (χ0v) is 11.5. The first-order valence-electron chi connectivity index (χ1n) is 6.89. The lowest BCUT2D eigenvalue weighted by Gasteiger charge is -2.37. The van der Waals surface area contributed by atoms with Gasteiger partial charge in [-0.05, 0) is 37.4 Å². The van der Waals surface area contributed by atoms with Crippen LogP contribution in [-0.2, 0) is 10.3 Å². The van der Waals surface area contributed by atoms with E-state index in [1.807, 2.05) is 30.3 Å². The van der Waals surface area contributed by atoms with E-state index in [4.69, 9.17) is 11.5 Å². The maximum Gasteiger partial charge on any atom is 0.243 e. The molecule has 1 unspecified atom stereocenters. The molecule has 4 N–H and O–H groups in total. The van der Waals surface area contributed by atoms with Crippen LogP contribution in [0.15, 0.2) is 30.3 Å². The maximum atomic E-state index is 11.8. The van der Waals surface area contributed by atoms with Crippen LogP contribution in [0, 0.1) is 5.92 Å². The van der Waals surface area contributed by atoms with E-state index < -0.39 is 11.4 Å². The summed E-state index contributed by atoms with van der Waals surface area (Å²) in [4.78, 5) is 14.1. The molecule has 2 rings (SSSR count). The van der Waals surface area contributed by atoms with E-state index in [2.05, 4.69) is 11.8 Å². The summed E-state index contributed by atoms with van der Waals surface area (Å²) >= 11 is 0. The van der Waals surface area contributed by atoms with Crippen LogP contribution in [0.3, 0.4) is 0 Å². The summed E-state index contributed by atoms with van der Waals surface area (Å²) in [7, 11) is 0. The van der Waals surface area contributed by atoms with Crippen molar-refractivity contribution < 1.29 is 4.79 Å². The van der Waals surface area contributed by atoms with Gasteiger partial charge in [0.05, 0.1) is 0 Å². The standard InChI is InChI=1S/C15H23N3O/c1-12-7-9-18(10-8-12)11-15(17,14(16)19)13-5-3-2-4-6-13/h2-6,12H,7-11,17H2,1H3,(H2,16,19). The van der Waals surface area contributed by atoms with Gasteiger partial charge >= 0.3 is 0 Å². The van der Waals surface area contributed by atoms with Gasteiger partial charge in [0.15, 0.2) is 0 Å². The second-order valence-electron chi connectivity index (χ2n) is 5.66. The minimum absolute atomic E-state index is 0.461. The first-order chi connectivity index (χ1) is 9.02. The third kappa shape index (κ3) is 3.14. The number of hydrogen-bond acceptors (Lipinski definition) is 3. The highest BCUT2D eigenvalue weighted by molar-refractivity contribution is 5.86. The third-order valence-electron chi connectivity index (χ3n) is 4.08. The predicted octanol–water partition coefficient (Wildman–Crippen LogP) is 1.06. The van der Waals surface area contributed by atoms with Crippen molar-refractivity contribution in [1.82, 2.24) is 4.90 Å². The molecule has 4 heteroatoms. The molecular formula is C15H23N3O. The van der Waals surface area contributed by atoms with Crippen molar-refractivity contribution in [3.8, 4) is 0 Å². The molecule has 0 bridgehead atoms. The first-order valence-corrected chi connectivity index (χ1v) is 6.89. The summed E-state index contributed by atoms with van der Waals surface area (Å²) in [5, 5.41) is 0. The van der Waals surface area contributed by atoms with Gasteiger partial charge in [-0.1, -0.05) is 37.3 Å². The van der Waals surface area contributed by atoms with Crippen LogP contribution < -0.4 is 11.5 Å². The molecule has 1 aliphatic rings. The number of piperidine rings is 1. The number of carbonyl (C=O) groups is 1. The molecule has 0 spiro atoms. The van der Waals surface area contributed by atoms with Crippen molar-refractivity contribution >= 4 is 5.91 Å². The molecule has 1 saturated heterocycles. The molecule has 1 fully saturated rings. The van der Waals surface area contributed by atoms with Gasteiger partial charge in [0.1, 0.15) is 5.54 Å². The molecule has 0 radical (unpaired) electrons. The Labute approximate surface area is 114 Å². The van der Waals surface area contributed by atoms with Gasteiger partial charge in [-0.3, -0.25) is 4.79 Å². The van der Waals surface area contributed by atoms with Gasteiger partial charge in [-0.25, -0.2) is 0 Å². The molecule has 0 saturated carbocycles. The van der Waals surface area contributed by atoms with Crippen molar-refractivity contribution in [2.75, 3.05) is 19.6 Å². The number of likely N-dealkylation sites (tertiary alicyclic amines) is 1. The van der Waals surface area contributed by atoms with Crippen molar-refractivity contribution in [2.24, 2.45) is 17.4 Å². The minimum atomic E-state index is -1.10. The largest absolute Gasteiger partial charge is 0.368 e. The number of rotatable bonds is 4. The molecule has 1 amide bonds. The fourth-order valence-electron chi connectivity index (χ4n) is 2.62. The topological polar surface area (TPSA) is 72.3 Å². The Kier molecular flexibility index (Phi) is 4.22. The normalized spacial score (nSPS) is 20.9. The van der Waals surface area contributed by atoms with Gasteiger partial charge in [-0.2, -0.15) is 0 Å². The monoisotopic (exact) mass is 261 g/mol. The molecule has 1 aromatic carbocycles. The zero-order chi connectivity index (χ0) is 13.9. The second-order valence-corrected chi connectivity index (χ2v) is 5.66. The molecular weight excluding hydrogens is 238 g/mol. The molecule has 4 nitrogen and oxygen atoms in total. The first kappa shape index (κ1) is 14.0. The highest BCUT2D eigenvalue weighted by atomic mass is 16.1. The lowest BCUT2D eigenvalue weighted by molar-refractivity contribution is -0.124. The van der Waals surface area contributed by atoms with Crippen LogP contribution >= 0.6 is 0 Å². The highest BCUT2D eigenvalue weighted by Crippen LogP contribution is 2.23. The summed E-state index contributed by atoms with van der Waals surface area (Å²) in [6.45, 7) is 4.73. The number of carbonyl (C=O) groups excluding carboxylic acids is 1. The molecule has 1 aliphatic heterocycles. The Bertz CT molecular complexity index is 426. The third-order valence-corrected chi connectivity index (χ3v) is 4.08. The van der Waals surface area contributed by atoms with E-state index in [0.717, 1.165) is 37.4 Å². The second kappa shape index (κ2) is 5.72. The molecule has 1 heterocycles. The molecule has 19 heavy (non-hydrogen) atoms. The quantitative estimate of drug-likeness (QED) is 0.851. The van der Waals surface area contributed by atoms with E-state index in [1.165, 1.54) is 0 Å². The number of benzene rings is 1. The summed E-state index contributed by atoms with van der Waals surface area (Å²) in [5.74, 6) is 0.297. The van der Waals surface area contributed by atoms with Crippen molar-refractivity contribution in [3.63, 3.8) is 0 Å². The summed E-state index contributed by atoms with van der Waals surface area (Å²) in [6, 6.07) is 9.43. The lowest BCUT2D eigenvalue weighted by atomic mass is 9.88. The van der Waals surface area contributed by atoms with Crippen LogP contribution in [0.25, 0.3) is 0 Å². The molecule has 1 atom stereocenters. The molecule has 1 aromatic rings. The summed E-state index contributed by atoms with van der Waals surface area (Å²) < 4.78 is 0. The van der Waals surface area contributed by atoms with Crippen molar-refractivity contribution in [3.05, 3.63) is 35.9 Å². The Hall–Kier alpha value is -1.39. The summed E-state index contributed by atoms with van der Waals surface area (Å²) in [6.07, 6.45) is 2.31. The Morgan fingerprint density at radius 3 is 2.42 bits per heavy atom. The highest BCUT2D eigenvalue weighted by Gasteiger charge is 2.36.